The number of halogens is 1. The molecule has 0 atom stereocenters. The first-order valence-corrected chi connectivity index (χ1v) is 6.74. The largest absolute Gasteiger partial charge is 0.496 e. The molecule has 0 fully saturated rings. The molecular formula is C16H15ClN2O. The fraction of sp³-hybridized carbons (Fsp3) is 0.188. The first-order valence-electron chi connectivity index (χ1n) is 6.36. The first kappa shape index (κ1) is 13.0. The Hall–Kier alpha value is -2.00. The maximum absolute atomic E-state index is 5.96. The highest BCUT2D eigenvalue weighted by Crippen LogP contribution is 2.33. The minimum Gasteiger partial charge on any atom is -0.496 e. The third kappa shape index (κ3) is 1.95. The second kappa shape index (κ2) is 4.84. The standard InChI is InChI=1S/C16H15ClN2O/c1-10-12(5-4-6-15(10)20-3)13-7-11-8-16(17)18-9-14(11)19(13)2/h4-9H,1-3H3. The number of aromatic nitrogens is 2. The van der Waals surface area contributed by atoms with Gasteiger partial charge in [-0.15, -0.1) is 0 Å². The van der Waals surface area contributed by atoms with E-state index in [4.69, 9.17) is 16.3 Å². The van der Waals surface area contributed by atoms with Gasteiger partial charge in [0.25, 0.3) is 0 Å². The smallest absolute Gasteiger partial charge is 0.129 e. The van der Waals surface area contributed by atoms with Crippen LogP contribution in [0.15, 0.2) is 36.5 Å². The van der Waals surface area contributed by atoms with E-state index in [2.05, 4.69) is 28.6 Å². The van der Waals surface area contributed by atoms with Gasteiger partial charge in [0.05, 0.1) is 18.8 Å². The van der Waals surface area contributed by atoms with Crippen molar-refractivity contribution in [3.8, 4) is 17.0 Å². The van der Waals surface area contributed by atoms with E-state index in [0.717, 1.165) is 33.5 Å². The molecule has 0 aliphatic rings. The average molecular weight is 287 g/mol. The number of nitrogens with zero attached hydrogens (tertiary/aromatic N) is 2. The maximum atomic E-state index is 5.96. The van der Waals surface area contributed by atoms with Gasteiger partial charge in [0.15, 0.2) is 0 Å². The SMILES string of the molecule is COc1cccc(-c2cc3cc(Cl)ncc3n2C)c1C. The van der Waals surface area contributed by atoms with Crippen LogP contribution in [0.1, 0.15) is 5.56 Å². The lowest BCUT2D eigenvalue weighted by molar-refractivity contribution is 0.412. The Morgan fingerprint density at radius 1 is 1.25 bits per heavy atom. The summed E-state index contributed by atoms with van der Waals surface area (Å²) in [5.74, 6) is 0.893. The predicted octanol–water partition coefficient (Wildman–Crippen LogP) is 4.21. The third-order valence-corrected chi connectivity index (χ3v) is 3.88. The molecule has 0 spiro atoms. The molecule has 3 rings (SSSR count). The van der Waals surface area contributed by atoms with Crippen LogP contribution in [0, 0.1) is 6.92 Å². The van der Waals surface area contributed by atoms with Gasteiger partial charge in [-0.05, 0) is 25.1 Å². The summed E-state index contributed by atoms with van der Waals surface area (Å²) in [6.45, 7) is 2.07. The summed E-state index contributed by atoms with van der Waals surface area (Å²) in [7, 11) is 3.73. The molecule has 3 aromatic rings. The van der Waals surface area contributed by atoms with E-state index in [9.17, 15) is 0 Å². The fourth-order valence-corrected chi connectivity index (χ4v) is 2.74. The van der Waals surface area contributed by atoms with Gasteiger partial charge >= 0.3 is 0 Å². The Balaban J connectivity index is 2.27. The molecule has 0 bridgehead atoms. The van der Waals surface area contributed by atoms with E-state index < -0.39 is 0 Å². The number of fused-ring (bicyclic) bond motifs is 1. The molecule has 2 aromatic heterocycles. The topological polar surface area (TPSA) is 27.1 Å². The molecule has 0 aliphatic carbocycles. The molecule has 102 valence electrons. The monoisotopic (exact) mass is 286 g/mol. The molecule has 0 N–H and O–H groups in total. The summed E-state index contributed by atoms with van der Waals surface area (Å²) in [6, 6.07) is 10.1. The van der Waals surface area contributed by atoms with Crippen molar-refractivity contribution >= 4 is 22.5 Å². The molecule has 4 heteroatoms. The van der Waals surface area contributed by atoms with Gasteiger partial charge in [0.1, 0.15) is 10.9 Å². The molecule has 1 aromatic carbocycles. The first-order chi connectivity index (χ1) is 9.61. The van der Waals surface area contributed by atoms with Gasteiger partial charge in [-0.3, -0.25) is 0 Å². The minimum atomic E-state index is 0.511. The van der Waals surface area contributed by atoms with Crippen molar-refractivity contribution in [1.29, 1.82) is 0 Å². The Morgan fingerprint density at radius 2 is 2.05 bits per heavy atom. The number of pyridine rings is 1. The van der Waals surface area contributed by atoms with Gasteiger partial charge in [0.2, 0.25) is 0 Å². The molecule has 3 nitrogen and oxygen atoms in total. The van der Waals surface area contributed by atoms with Crippen molar-refractivity contribution in [2.75, 3.05) is 7.11 Å². The number of hydrogen-bond acceptors (Lipinski definition) is 2. The molecule has 0 radical (unpaired) electrons. The van der Waals surface area contributed by atoms with E-state index >= 15 is 0 Å². The molecule has 0 saturated carbocycles. The van der Waals surface area contributed by atoms with E-state index in [1.165, 1.54) is 0 Å². The lowest BCUT2D eigenvalue weighted by Crippen LogP contribution is -1.95. The molecule has 2 heterocycles. The number of hydrogen-bond donors (Lipinski definition) is 0. The quantitative estimate of drug-likeness (QED) is 0.660. The Bertz CT molecular complexity index is 793. The highest BCUT2D eigenvalue weighted by Gasteiger charge is 2.12. The van der Waals surface area contributed by atoms with Gasteiger partial charge in [0, 0.05) is 29.3 Å². The van der Waals surface area contributed by atoms with Crippen molar-refractivity contribution in [3.63, 3.8) is 0 Å². The minimum absolute atomic E-state index is 0.511. The van der Waals surface area contributed by atoms with Crippen LogP contribution in [0.4, 0.5) is 0 Å². The maximum Gasteiger partial charge on any atom is 0.129 e. The van der Waals surface area contributed by atoms with E-state index in [1.807, 2.05) is 25.2 Å². The number of aryl methyl sites for hydroxylation is 1. The van der Waals surface area contributed by atoms with Gasteiger partial charge in [-0.25, -0.2) is 4.98 Å². The Kier molecular flexibility index (Phi) is 3.14. The number of benzene rings is 1. The van der Waals surface area contributed by atoms with Crippen LogP contribution in [0.25, 0.3) is 22.2 Å². The van der Waals surface area contributed by atoms with Crippen LogP contribution in [0.2, 0.25) is 5.15 Å². The molecule has 20 heavy (non-hydrogen) atoms. The second-order valence-corrected chi connectivity index (χ2v) is 5.17. The van der Waals surface area contributed by atoms with Gasteiger partial charge in [-0.2, -0.15) is 0 Å². The number of ether oxygens (including phenoxy) is 1. The number of rotatable bonds is 2. The summed E-state index contributed by atoms with van der Waals surface area (Å²) >= 11 is 5.96. The zero-order valence-electron chi connectivity index (χ0n) is 11.6. The fourth-order valence-electron chi connectivity index (χ4n) is 2.58. The summed E-state index contributed by atoms with van der Waals surface area (Å²) < 4.78 is 7.52. The third-order valence-electron chi connectivity index (χ3n) is 3.68. The van der Waals surface area contributed by atoms with Crippen molar-refractivity contribution < 1.29 is 4.74 Å². The molecule has 0 saturated heterocycles. The normalized spacial score (nSPS) is 11.0. The summed E-state index contributed by atoms with van der Waals surface area (Å²) in [5.41, 5.74) is 4.46. The van der Waals surface area contributed by atoms with Gasteiger partial charge < -0.3 is 9.30 Å². The van der Waals surface area contributed by atoms with Crippen LogP contribution in [-0.2, 0) is 7.05 Å². The molecule has 0 unspecified atom stereocenters. The highest BCUT2D eigenvalue weighted by atomic mass is 35.5. The Morgan fingerprint density at radius 3 is 2.80 bits per heavy atom. The lowest BCUT2D eigenvalue weighted by Gasteiger charge is -2.11. The van der Waals surface area contributed by atoms with E-state index in [1.54, 1.807) is 13.3 Å². The predicted molar refractivity (Wildman–Crippen MR) is 82.4 cm³/mol. The van der Waals surface area contributed by atoms with E-state index in [-0.39, 0.29) is 0 Å². The van der Waals surface area contributed by atoms with Crippen molar-refractivity contribution in [2.24, 2.45) is 7.05 Å². The van der Waals surface area contributed by atoms with Crippen LogP contribution in [0.5, 0.6) is 5.75 Å². The van der Waals surface area contributed by atoms with Crippen molar-refractivity contribution in [2.45, 2.75) is 6.92 Å². The van der Waals surface area contributed by atoms with Crippen LogP contribution < -0.4 is 4.74 Å². The summed E-state index contributed by atoms with van der Waals surface area (Å²) in [5, 5.41) is 1.60. The average Bonchev–Trinajstić information content (AvgIpc) is 2.75. The van der Waals surface area contributed by atoms with Crippen LogP contribution in [0.3, 0.4) is 0 Å². The second-order valence-electron chi connectivity index (χ2n) is 4.79. The summed E-state index contributed by atoms with van der Waals surface area (Å²) in [6.07, 6.45) is 1.80. The van der Waals surface area contributed by atoms with Crippen molar-refractivity contribution in [1.82, 2.24) is 9.55 Å². The molecule has 0 amide bonds. The lowest BCUT2D eigenvalue weighted by atomic mass is 10.0. The van der Waals surface area contributed by atoms with Crippen LogP contribution in [-0.4, -0.2) is 16.7 Å². The van der Waals surface area contributed by atoms with Crippen molar-refractivity contribution in [3.05, 3.63) is 47.2 Å². The molecular weight excluding hydrogens is 272 g/mol. The molecule has 0 aliphatic heterocycles. The van der Waals surface area contributed by atoms with E-state index in [0.29, 0.717) is 5.15 Å². The van der Waals surface area contributed by atoms with Crippen LogP contribution >= 0.6 is 11.6 Å². The highest BCUT2D eigenvalue weighted by molar-refractivity contribution is 6.30. The zero-order valence-corrected chi connectivity index (χ0v) is 12.4. The zero-order chi connectivity index (χ0) is 14.3. The Labute approximate surface area is 122 Å². The summed E-state index contributed by atoms with van der Waals surface area (Å²) in [4.78, 5) is 4.15. The number of methoxy groups -OCH3 is 1. The van der Waals surface area contributed by atoms with Gasteiger partial charge in [-0.1, -0.05) is 23.7 Å².